The number of carbonyl (C=O) groups is 2. The van der Waals surface area contributed by atoms with E-state index in [1.54, 1.807) is 24.3 Å². The second kappa shape index (κ2) is 13.2. The monoisotopic (exact) mass is 589 g/mol. The molecule has 4 aromatic carbocycles. The van der Waals surface area contributed by atoms with Crippen LogP contribution in [0.3, 0.4) is 0 Å². The highest BCUT2D eigenvalue weighted by Gasteiger charge is 2.32. The zero-order chi connectivity index (χ0) is 31.3. The number of alkyl halides is 3. The maximum atomic E-state index is 13.6. The molecule has 0 aliphatic heterocycles. The minimum Gasteiger partial charge on any atom is -0.478 e. The van der Waals surface area contributed by atoms with E-state index in [2.05, 4.69) is 43.0 Å². The minimum atomic E-state index is -4.83. The number of ether oxygens (including phenoxy) is 1. The van der Waals surface area contributed by atoms with Crippen molar-refractivity contribution in [3.8, 4) is 16.9 Å². The summed E-state index contributed by atoms with van der Waals surface area (Å²) in [6, 6.07) is 22.9. The third-order valence-corrected chi connectivity index (χ3v) is 7.46. The number of rotatable bonds is 10. The van der Waals surface area contributed by atoms with Gasteiger partial charge in [0.1, 0.15) is 5.75 Å². The van der Waals surface area contributed by atoms with Crippen molar-refractivity contribution in [2.24, 2.45) is 0 Å². The molecule has 0 spiro atoms. The van der Waals surface area contributed by atoms with Crippen LogP contribution in [0.5, 0.6) is 5.75 Å². The summed E-state index contributed by atoms with van der Waals surface area (Å²) in [5, 5.41) is 12.5. The molecular formula is C35H34F3NO4. The van der Waals surface area contributed by atoms with Crippen molar-refractivity contribution >= 4 is 11.9 Å². The van der Waals surface area contributed by atoms with Crippen LogP contribution in [-0.2, 0) is 0 Å². The molecule has 0 fully saturated rings. The van der Waals surface area contributed by atoms with E-state index in [1.807, 2.05) is 19.1 Å². The lowest BCUT2D eigenvalue weighted by Crippen LogP contribution is -2.33. The molecular weight excluding hydrogens is 555 g/mol. The van der Waals surface area contributed by atoms with Gasteiger partial charge in [0.05, 0.1) is 11.6 Å². The van der Waals surface area contributed by atoms with Crippen LogP contribution in [0.4, 0.5) is 13.2 Å². The van der Waals surface area contributed by atoms with Crippen LogP contribution in [0.15, 0.2) is 84.9 Å². The second-order valence-electron chi connectivity index (χ2n) is 10.7. The number of carboxylic acids is 1. The summed E-state index contributed by atoms with van der Waals surface area (Å²) in [5.41, 5.74) is 7.53. The van der Waals surface area contributed by atoms with Crippen molar-refractivity contribution in [1.82, 2.24) is 5.32 Å². The molecule has 0 aliphatic carbocycles. The smallest absolute Gasteiger partial charge is 0.478 e. The molecule has 8 heteroatoms. The number of carbonyl (C=O) groups excluding carboxylic acids is 1. The maximum Gasteiger partial charge on any atom is 0.573 e. The van der Waals surface area contributed by atoms with Gasteiger partial charge >= 0.3 is 12.3 Å². The first-order chi connectivity index (χ1) is 20.4. The SMILES string of the molecule is CCCC(c1ccc(C(=O)O)cc1)C(NC(=O)c1ccc(-c2c(C)cc(C)cc2C)cc1)c1ccc(OC(F)(F)F)cc1. The molecule has 0 aliphatic rings. The number of benzene rings is 4. The third-order valence-electron chi connectivity index (χ3n) is 7.46. The van der Waals surface area contributed by atoms with Gasteiger partial charge in [-0.05, 0) is 97.0 Å². The molecule has 224 valence electrons. The molecule has 0 bridgehead atoms. The van der Waals surface area contributed by atoms with Crippen molar-refractivity contribution < 1.29 is 32.6 Å². The number of halogens is 3. The van der Waals surface area contributed by atoms with Crippen molar-refractivity contribution in [3.05, 3.63) is 124 Å². The molecule has 2 unspecified atom stereocenters. The van der Waals surface area contributed by atoms with Crippen LogP contribution in [0.2, 0.25) is 0 Å². The fraction of sp³-hybridized carbons (Fsp3) is 0.257. The molecule has 4 rings (SSSR count). The van der Waals surface area contributed by atoms with Crippen LogP contribution in [0.25, 0.3) is 11.1 Å². The van der Waals surface area contributed by atoms with Crippen LogP contribution in [0, 0.1) is 20.8 Å². The Balaban J connectivity index is 1.68. The lowest BCUT2D eigenvalue weighted by Gasteiger charge is -2.29. The Bertz CT molecular complexity index is 1550. The Morgan fingerprint density at radius 3 is 1.86 bits per heavy atom. The van der Waals surface area contributed by atoms with Gasteiger partial charge in [-0.3, -0.25) is 4.79 Å². The van der Waals surface area contributed by atoms with Crippen molar-refractivity contribution in [3.63, 3.8) is 0 Å². The summed E-state index contributed by atoms with van der Waals surface area (Å²) in [4.78, 5) is 25.0. The van der Waals surface area contributed by atoms with Crippen LogP contribution in [-0.4, -0.2) is 23.3 Å². The summed E-state index contributed by atoms with van der Waals surface area (Å²) in [7, 11) is 0. The quantitative estimate of drug-likeness (QED) is 0.194. The summed E-state index contributed by atoms with van der Waals surface area (Å²) >= 11 is 0. The number of hydrogen-bond acceptors (Lipinski definition) is 3. The van der Waals surface area contributed by atoms with Gasteiger partial charge in [-0.2, -0.15) is 0 Å². The van der Waals surface area contributed by atoms with Gasteiger partial charge in [0, 0.05) is 11.5 Å². The summed E-state index contributed by atoms with van der Waals surface area (Å²) in [6.07, 6.45) is -3.45. The van der Waals surface area contributed by atoms with E-state index in [1.165, 1.54) is 42.0 Å². The van der Waals surface area contributed by atoms with Crippen LogP contribution >= 0.6 is 0 Å². The molecule has 1 amide bonds. The Morgan fingerprint density at radius 2 is 1.35 bits per heavy atom. The molecule has 0 saturated heterocycles. The normalized spacial score (nSPS) is 12.8. The Labute approximate surface area is 249 Å². The van der Waals surface area contributed by atoms with Gasteiger partial charge in [-0.15, -0.1) is 13.2 Å². The highest BCUT2D eigenvalue weighted by atomic mass is 19.4. The number of carboxylic acid groups (broad SMARTS) is 1. The van der Waals surface area contributed by atoms with Gasteiger partial charge in [0.15, 0.2) is 0 Å². The maximum absolute atomic E-state index is 13.6. The molecule has 2 N–H and O–H groups in total. The fourth-order valence-corrected chi connectivity index (χ4v) is 5.65. The van der Waals surface area contributed by atoms with Gasteiger partial charge in [-0.25, -0.2) is 4.79 Å². The Kier molecular flexibility index (Phi) is 9.59. The van der Waals surface area contributed by atoms with E-state index >= 15 is 0 Å². The van der Waals surface area contributed by atoms with Crippen molar-refractivity contribution in [2.45, 2.75) is 58.9 Å². The summed E-state index contributed by atoms with van der Waals surface area (Å²) < 4.78 is 42.4. The topological polar surface area (TPSA) is 75.6 Å². The lowest BCUT2D eigenvalue weighted by atomic mass is 9.83. The van der Waals surface area contributed by atoms with E-state index in [0.717, 1.165) is 34.2 Å². The molecule has 0 saturated carbocycles. The first-order valence-electron chi connectivity index (χ1n) is 14.0. The molecule has 0 heterocycles. The van der Waals surface area contributed by atoms with Crippen molar-refractivity contribution in [1.29, 1.82) is 0 Å². The highest BCUT2D eigenvalue weighted by Crippen LogP contribution is 2.37. The molecule has 4 aromatic rings. The molecule has 2 atom stereocenters. The van der Waals surface area contributed by atoms with E-state index in [0.29, 0.717) is 17.5 Å². The zero-order valence-corrected chi connectivity index (χ0v) is 24.5. The Morgan fingerprint density at radius 1 is 0.814 bits per heavy atom. The lowest BCUT2D eigenvalue weighted by molar-refractivity contribution is -0.274. The molecule has 0 radical (unpaired) electrons. The predicted octanol–water partition coefficient (Wildman–Crippen LogP) is 8.93. The van der Waals surface area contributed by atoms with E-state index in [9.17, 15) is 27.9 Å². The zero-order valence-electron chi connectivity index (χ0n) is 24.5. The number of hydrogen-bond donors (Lipinski definition) is 2. The van der Waals surface area contributed by atoms with Gasteiger partial charge in [0.2, 0.25) is 0 Å². The van der Waals surface area contributed by atoms with Gasteiger partial charge in [-0.1, -0.05) is 67.4 Å². The summed E-state index contributed by atoms with van der Waals surface area (Å²) in [6.45, 7) is 8.16. The molecule has 5 nitrogen and oxygen atoms in total. The van der Waals surface area contributed by atoms with Crippen molar-refractivity contribution in [2.75, 3.05) is 0 Å². The van der Waals surface area contributed by atoms with Gasteiger partial charge < -0.3 is 15.2 Å². The van der Waals surface area contributed by atoms with E-state index in [-0.39, 0.29) is 23.1 Å². The number of aromatic carboxylic acids is 1. The van der Waals surface area contributed by atoms with Crippen LogP contribution in [0.1, 0.15) is 80.3 Å². The standard InChI is InChI=1S/C35H34F3NO4/c1-5-6-30(24-7-13-28(14-8-24)34(41)42)32(26-15-17-29(18-16-26)43-35(36,37)38)39-33(40)27-11-9-25(10-12-27)31-22(3)19-21(2)20-23(31)4/h7-20,30,32H,5-6H2,1-4H3,(H,39,40)(H,41,42). The Hall–Kier alpha value is -4.59. The van der Waals surface area contributed by atoms with E-state index in [4.69, 9.17) is 0 Å². The minimum absolute atomic E-state index is 0.132. The number of amides is 1. The van der Waals surface area contributed by atoms with Gasteiger partial charge in [0.25, 0.3) is 5.91 Å². The van der Waals surface area contributed by atoms with E-state index < -0.39 is 18.4 Å². The molecule has 43 heavy (non-hydrogen) atoms. The highest BCUT2D eigenvalue weighted by molar-refractivity contribution is 5.95. The average Bonchev–Trinajstić information content (AvgIpc) is 2.94. The number of nitrogens with one attached hydrogen (secondary N) is 1. The first kappa shape index (κ1) is 31.3. The number of aryl methyl sites for hydroxylation is 3. The predicted molar refractivity (Wildman–Crippen MR) is 160 cm³/mol. The molecule has 0 aromatic heterocycles. The van der Waals surface area contributed by atoms with Crippen LogP contribution < -0.4 is 10.1 Å². The summed E-state index contributed by atoms with van der Waals surface area (Å²) in [5.74, 6) is -2.05. The fourth-order valence-electron chi connectivity index (χ4n) is 5.65. The largest absolute Gasteiger partial charge is 0.573 e. The average molecular weight is 590 g/mol. The second-order valence-corrected chi connectivity index (χ2v) is 10.7. The third kappa shape index (κ3) is 7.83. The first-order valence-corrected chi connectivity index (χ1v) is 14.0.